The topological polar surface area (TPSA) is 54.5 Å². The van der Waals surface area contributed by atoms with Crippen LogP contribution in [0.1, 0.15) is 28.6 Å². The quantitative estimate of drug-likeness (QED) is 0.865. The monoisotopic (exact) mass is 337 g/mol. The predicted molar refractivity (Wildman–Crippen MR) is 90.3 cm³/mol. The lowest BCUT2D eigenvalue weighted by Gasteiger charge is -2.26. The van der Waals surface area contributed by atoms with E-state index < -0.39 is 9.84 Å². The minimum atomic E-state index is -2.99. The molecule has 3 rings (SSSR count). The van der Waals surface area contributed by atoms with Crippen LogP contribution in [0.2, 0.25) is 0 Å². The normalized spacial score (nSPS) is 20.4. The maximum absolute atomic E-state index is 12.9. The lowest BCUT2D eigenvalue weighted by molar-refractivity contribution is 0.0713. The highest BCUT2D eigenvalue weighted by Crippen LogP contribution is 2.32. The minimum absolute atomic E-state index is 0.0386. The van der Waals surface area contributed by atoms with E-state index in [1.165, 1.54) is 11.3 Å². The Morgan fingerprint density at radius 2 is 2.09 bits per heavy atom. The number of nitrogens with zero attached hydrogens (tertiary/aromatic N) is 1. The molecule has 1 aliphatic rings. The molecule has 0 radical (unpaired) electrons. The molecule has 4 nitrogen and oxygen atoms in total. The third-order valence-electron chi connectivity index (χ3n) is 4.29. The van der Waals surface area contributed by atoms with Crippen molar-refractivity contribution in [2.45, 2.75) is 26.3 Å². The molecule has 0 bridgehead atoms. The van der Waals surface area contributed by atoms with Crippen molar-refractivity contribution in [2.24, 2.45) is 0 Å². The van der Waals surface area contributed by atoms with Crippen molar-refractivity contribution < 1.29 is 13.2 Å². The average Bonchev–Trinajstić information content (AvgIpc) is 3.01. The van der Waals surface area contributed by atoms with Gasteiger partial charge in [0.15, 0.2) is 9.84 Å². The highest BCUT2D eigenvalue weighted by molar-refractivity contribution is 7.91. The third-order valence-corrected chi connectivity index (χ3v) is 7.30. The molecule has 2 heterocycles. The number of carbonyl (C=O) groups excluding carboxylic acids is 1. The number of fused-ring (bicyclic) bond motifs is 1. The molecule has 1 atom stereocenters. The summed E-state index contributed by atoms with van der Waals surface area (Å²) in [5, 5.41) is 1.10. The van der Waals surface area contributed by atoms with Crippen molar-refractivity contribution in [2.75, 3.05) is 18.1 Å². The highest BCUT2D eigenvalue weighted by atomic mass is 32.2. The Hall–Kier alpha value is -1.40. The van der Waals surface area contributed by atoms with Crippen molar-refractivity contribution >= 4 is 37.2 Å². The van der Waals surface area contributed by atoms with Crippen LogP contribution in [0.25, 0.3) is 10.1 Å². The van der Waals surface area contributed by atoms with Gasteiger partial charge in [-0.3, -0.25) is 4.79 Å². The lowest BCUT2D eigenvalue weighted by atomic mass is 10.1. The number of rotatable bonds is 3. The number of aryl methyl sites for hydroxylation is 1. The molecule has 1 amide bonds. The van der Waals surface area contributed by atoms with E-state index >= 15 is 0 Å². The van der Waals surface area contributed by atoms with Crippen LogP contribution in [-0.4, -0.2) is 43.3 Å². The summed E-state index contributed by atoms with van der Waals surface area (Å²) >= 11 is 1.49. The second-order valence-corrected chi connectivity index (χ2v) is 8.98. The Morgan fingerprint density at radius 3 is 2.68 bits per heavy atom. The Balaban J connectivity index is 1.95. The van der Waals surface area contributed by atoms with Gasteiger partial charge in [-0.2, -0.15) is 0 Å². The van der Waals surface area contributed by atoms with E-state index in [1.807, 2.05) is 38.1 Å². The van der Waals surface area contributed by atoms with Gasteiger partial charge in [0.25, 0.3) is 5.91 Å². The Bertz CT molecular complexity index is 823. The second kappa shape index (κ2) is 5.66. The van der Waals surface area contributed by atoms with Gasteiger partial charge in [-0.05, 0) is 37.3 Å². The molecular formula is C16H19NO3S2. The molecule has 1 saturated heterocycles. The molecule has 22 heavy (non-hydrogen) atoms. The van der Waals surface area contributed by atoms with Crippen LogP contribution in [-0.2, 0) is 9.84 Å². The summed E-state index contributed by atoms with van der Waals surface area (Å²) in [6.07, 6.45) is 0.547. The largest absolute Gasteiger partial charge is 0.334 e. The van der Waals surface area contributed by atoms with Crippen molar-refractivity contribution in [3.05, 3.63) is 34.7 Å². The Labute approximate surface area is 134 Å². The molecular weight excluding hydrogens is 318 g/mol. The van der Waals surface area contributed by atoms with Gasteiger partial charge in [0.1, 0.15) is 0 Å². The molecule has 0 N–H and O–H groups in total. The van der Waals surface area contributed by atoms with Gasteiger partial charge in [-0.1, -0.05) is 18.2 Å². The third kappa shape index (κ3) is 2.65. The summed E-state index contributed by atoms with van der Waals surface area (Å²) < 4.78 is 24.5. The first-order chi connectivity index (χ1) is 10.4. The number of amides is 1. The minimum Gasteiger partial charge on any atom is -0.334 e. The van der Waals surface area contributed by atoms with Crippen molar-refractivity contribution in [1.29, 1.82) is 0 Å². The van der Waals surface area contributed by atoms with Crippen LogP contribution < -0.4 is 0 Å². The van der Waals surface area contributed by atoms with Crippen molar-refractivity contribution in [1.82, 2.24) is 4.90 Å². The predicted octanol–water partition coefficient (Wildman–Crippen LogP) is 2.86. The summed E-state index contributed by atoms with van der Waals surface area (Å²) in [6.45, 7) is 4.41. The summed E-state index contributed by atoms with van der Waals surface area (Å²) in [6, 6.07) is 7.78. The van der Waals surface area contributed by atoms with Gasteiger partial charge >= 0.3 is 0 Å². The molecule has 0 aliphatic carbocycles. The van der Waals surface area contributed by atoms with Crippen LogP contribution in [0.15, 0.2) is 24.3 Å². The van der Waals surface area contributed by atoms with Crippen LogP contribution in [0.3, 0.4) is 0 Å². The molecule has 118 valence electrons. The standard InChI is InChI=1S/C16H19NO3S2/c1-3-17(12-8-9-22(19,20)10-12)16(18)15-11(2)13-6-4-5-7-14(13)21-15/h4-7,12H,3,8-10H2,1-2H3/t12-/m0/s1. The molecule has 1 fully saturated rings. The summed E-state index contributed by atoms with van der Waals surface area (Å²) in [7, 11) is -2.99. The second-order valence-electron chi connectivity index (χ2n) is 5.70. The SMILES string of the molecule is CCN(C(=O)c1sc2ccccc2c1C)[C@H]1CCS(=O)(=O)C1. The van der Waals surface area contributed by atoms with E-state index in [9.17, 15) is 13.2 Å². The zero-order valence-corrected chi connectivity index (χ0v) is 14.3. The first-order valence-electron chi connectivity index (χ1n) is 7.42. The van der Waals surface area contributed by atoms with Crippen LogP contribution >= 0.6 is 11.3 Å². The first kappa shape index (κ1) is 15.5. The molecule has 0 unspecified atom stereocenters. The number of hydrogen-bond acceptors (Lipinski definition) is 4. The van der Waals surface area contributed by atoms with E-state index in [1.54, 1.807) is 4.90 Å². The van der Waals surface area contributed by atoms with Crippen LogP contribution in [0.4, 0.5) is 0 Å². The smallest absolute Gasteiger partial charge is 0.264 e. The summed E-state index contributed by atoms with van der Waals surface area (Å²) in [4.78, 5) is 15.4. The zero-order valence-electron chi connectivity index (χ0n) is 12.7. The Morgan fingerprint density at radius 1 is 1.36 bits per heavy atom. The van der Waals surface area contributed by atoms with E-state index in [0.29, 0.717) is 13.0 Å². The number of hydrogen-bond donors (Lipinski definition) is 0. The number of sulfone groups is 1. The van der Waals surface area contributed by atoms with Gasteiger partial charge in [-0.15, -0.1) is 11.3 Å². The molecule has 1 aromatic carbocycles. The number of thiophene rings is 1. The molecule has 1 aromatic heterocycles. The molecule has 6 heteroatoms. The molecule has 0 saturated carbocycles. The van der Waals surface area contributed by atoms with E-state index in [-0.39, 0.29) is 23.5 Å². The fourth-order valence-corrected chi connectivity index (χ4v) is 5.99. The van der Waals surface area contributed by atoms with E-state index in [0.717, 1.165) is 20.5 Å². The van der Waals surface area contributed by atoms with Crippen LogP contribution in [0.5, 0.6) is 0 Å². The lowest BCUT2D eigenvalue weighted by Crippen LogP contribution is -2.40. The highest BCUT2D eigenvalue weighted by Gasteiger charge is 2.35. The maximum Gasteiger partial charge on any atom is 0.264 e. The van der Waals surface area contributed by atoms with Crippen molar-refractivity contribution in [3.8, 4) is 0 Å². The van der Waals surface area contributed by atoms with Gasteiger partial charge in [0.05, 0.1) is 16.4 Å². The fourth-order valence-electron chi connectivity index (χ4n) is 3.10. The molecule has 1 aliphatic heterocycles. The average molecular weight is 337 g/mol. The fraction of sp³-hybridized carbons (Fsp3) is 0.438. The molecule has 0 spiro atoms. The van der Waals surface area contributed by atoms with Gasteiger partial charge in [0, 0.05) is 17.3 Å². The Kier molecular flexibility index (Phi) is 3.99. The number of benzene rings is 1. The summed E-state index contributed by atoms with van der Waals surface area (Å²) in [5.41, 5.74) is 0.991. The van der Waals surface area contributed by atoms with Crippen molar-refractivity contribution in [3.63, 3.8) is 0 Å². The van der Waals surface area contributed by atoms with Gasteiger partial charge in [0.2, 0.25) is 0 Å². The zero-order chi connectivity index (χ0) is 15.9. The van der Waals surface area contributed by atoms with E-state index in [4.69, 9.17) is 0 Å². The van der Waals surface area contributed by atoms with E-state index in [2.05, 4.69) is 0 Å². The maximum atomic E-state index is 12.9. The summed E-state index contributed by atoms with van der Waals surface area (Å²) in [5.74, 6) is 0.243. The van der Waals surface area contributed by atoms with Gasteiger partial charge in [-0.25, -0.2) is 8.42 Å². The van der Waals surface area contributed by atoms with Crippen LogP contribution in [0, 0.1) is 6.92 Å². The first-order valence-corrected chi connectivity index (χ1v) is 10.1. The molecule has 2 aromatic rings. The number of carbonyl (C=O) groups is 1. The van der Waals surface area contributed by atoms with Gasteiger partial charge < -0.3 is 4.90 Å².